The Kier molecular flexibility index (Phi) is 5.16. The van der Waals surface area contributed by atoms with E-state index in [0.29, 0.717) is 19.1 Å². The molecule has 0 unspecified atom stereocenters. The van der Waals surface area contributed by atoms with Gasteiger partial charge in [-0.2, -0.15) is 0 Å². The molecule has 0 aromatic heterocycles. The molecule has 0 radical (unpaired) electrons. The van der Waals surface area contributed by atoms with E-state index in [1.54, 1.807) is 0 Å². The monoisotopic (exact) mass is 250 g/mol. The molecule has 100 valence electrons. The number of carboxylic acid groups (broad SMARTS) is 1. The summed E-state index contributed by atoms with van der Waals surface area (Å²) in [7, 11) is 4.07. The van der Waals surface area contributed by atoms with Crippen molar-refractivity contribution in [3.63, 3.8) is 0 Å². The third-order valence-corrected chi connectivity index (χ3v) is 3.23. The third kappa shape index (κ3) is 3.74. The first-order chi connectivity index (χ1) is 8.45. The molecule has 4 heteroatoms. The van der Waals surface area contributed by atoms with Crippen molar-refractivity contribution < 1.29 is 9.90 Å². The van der Waals surface area contributed by atoms with Crippen LogP contribution in [0.25, 0.3) is 0 Å². The zero-order valence-electron chi connectivity index (χ0n) is 11.6. The summed E-state index contributed by atoms with van der Waals surface area (Å²) in [6, 6.07) is 8.43. The highest BCUT2D eigenvalue weighted by atomic mass is 16.4. The van der Waals surface area contributed by atoms with E-state index >= 15 is 0 Å². The van der Waals surface area contributed by atoms with Gasteiger partial charge in [-0.25, -0.2) is 4.79 Å². The maximum absolute atomic E-state index is 11.0. The summed E-state index contributed by atoms with van der Waals surface area (Å²) in [6.45, 7) is 4.93. The molecule has 1 aromatic carbocycles. The van der Waals surface area contributed by atoms with Gasteiger partial charge in [0, 0.05) is 19.1 Å². The minimum atomic E-state index is -0.872. The molecule has 0 aliphatic rings. The highest BCUT2D eigenvalue weighted by molar-refractivity contribution is 5.64. The minimum Gasteiger partial charge on any atom is -0.465 e. The third-order valence-electron chi connectivity index (χ3n) is 3.23. The first kappa shape index (κ1) is 14.5. The quantitative estimate of drug-likeness (QED) is 0.874. The first-order valence-corrected chi connectivity index (χ1v) is 6.18. The maximum atomic E-state index is 11.0. The van der Waals surface area contributed by atoms with Crippen molar-refractivity contribution in [3.8, 4) is 0 Å². The van der Waals surface area contributed by atoms with Crippen LogP contribution in [0.4, 0.5) is 4.79 Å². The Bertz CT molecular complexity index is 405. The van der Waals surface area contributed by atoms with Crippen molar-refractivity contribution in [2.24, 2.45) is 0 Å². The number of hydrogen-bond acceptors (Lipinski definition) is 2. The zero-order chi connectivity index (χ0) is 13.7. The van der Waals surface area contributed by atoms with Crippen LogP contribution < -0.4 is 0 Å². The second kappa shape index (κ2) is 6.40. The van der Waals surface area contributed by atoms with Crippen molar-refractivity contribution in [3.05, 3.63) is 35.4 Å². The highest BCUT2D eigenvalue weighted by Crippen LogP contribution is 2.19. The molecule has 0 saturated heterocycles. The number of hydrogen-bond donors (Lipinski definition) is 1. The van der Waals surface area contributed by atoms with Crippen LogP contribution in [0.2, 0.25) is 0 Å². The fraction of sp³-hybridized carbons (Fsp3) is 0.500. The van der Waals surface area contributed by atoms with E-state index in [1.807, 2.05) is 33.2 Å². The van der Waals surface area contributed by atoms with Gasteiger partial charge in [-0.15, -0.1) is 0 Å². The smallest absolute Gasteiger partial charge is 0.407 e. The molecule has 0 bridgehead atoms. The van der Waals surface area contributed by atoms with Gasteiger partial charge in [-0.3, -0.25) is 0 Å². The molecule has 0 aliphatic heterocycles. The van der Waals surface area contributed by atoms with Gasteiger partial charge < -0.3 is 14.9 Å². The molecule has 1 amide bonds. The van der Waals surface area contributed by atoms with Gasteiger partial charge in [-0.1, -0.05) is 24.3 Å². The molecular weight excluding hydrogens is 228 g/mol. The van der Waals surface area contributed by atoms with Crippen LogP contribution in [-0.2, 0) is 6.54 Å². The van der Waals surface area contributed by atoms with E-state index in [9.17, 15) is 4.79 Å². The van der Waals surface area contributed by atoms with Gasteiger partial charge >= 0.3 is 6.09 Å². The standard InChI is InChI=1S/C14H22N2O2/c1-5-16(14(17)18)10-12-7-6-8-13(9-12)11(2)15(3)4/h6-9,11H,5,10H2,1-4H3,(H,17,18)/t11-/m0/s1. The van der Waals surface area contributed by atoms with Crippen LogP contribution in [0.3, 0.4) is 0 Å². The zero-order valence-corrected chi connectivity index (χ0v) is 11.6. The molecule has 18 heavy (non-hydrogen) atoms. The lowest BCUT2D eigenvalue weighted by atomic mass is 10.0. The number of benzene rings is 1. The molecule has 0 fully saturated rings. The average molecular weight is 250 g/mol. The summed E-state index contributed by atoms with van der Waals surface area (Å²) in [5.41, 5.74) is 2.24. The van der Waals surface area contributed by atoms with Crippen molar-refractivity contribution in [2.75, 3.05) is 20.6 Å². The van der Waals surface area contributed by atoms with Crippen molar-refractivity contribution in [1.82, 2.24) is 9.80 Å². The van der Waals surface area contributed by atoms with E-state index < -0.39 is 6.09 Å². The Labute approximate surface area is 109 Å². The van der Waals surface area contributed by atoms with E-state index in [1.165, 1.54) is 10.5 Å². The van der Waals surface area contributed by atoms with Crippen LogP contribution in [-0.4, -0.2) is 41.6 Å². The predicted octanol–water partition coefficient (Wildman–Crippen LogP) is 2.81. The highest BCUT2D eigenvalue weighted by Gasteiger charge is 2.12. The first-order valence-electron chi connectivity index (χ1n) is 6.18. The SMILES string of the molecule is CCN(Cc1cccc([C@H](C)N(C)C)c1)C(=O)O. The normalized spacial score (nSPS) is 12.5. The molecule has 0 aliphatic carbocycles. The van der Waals surface area contributed by atoms with Crippen LogP contribution >= 0.6 is 0 Å². The van der Waals surface area contributed by atoms with E-state index in [2.05, 4.69) is 24.0 Å². The Hall–Kier alpha value is -1.55. The molecule has 0 spiro atoms. The fourth-order valence-corrected chi connectivity index (χ4v) is 1.78. The van der Waals surface area contributed by atoms with E-state index in [0.717, 1.165) is 5.56 Å². The lowest BCUT2D eigenvalue weighted by Gasteiger charge is -2.22. The molecule has 0 heterocycles. The number of rotatable bonds is 5. The van der Waals surface area contributed by atoms with Gasteiger partial charge in [0.1, 0.15) is 0 Å². The summed E-state index contributed by atoms with van der Waals surface area (Å²) in [5.74, 6) is 0. The van der Waals surface area contributed by atoms with Gasteiger partial charge in [0.25, 0.3) is 0 Å². The lowest BCUT2D eigenvalue weighted by molar-refractivity contribution is 0.145. The topological polar surface area (TPSA) is 43.8 Å². The molecule has 1 atom stereocenters. The molecule has 0 saturated carbocycles. The largest absolute Gasteiger partial charge is 0.465 e. The average Bonchev–Trinajstić information content (AvgIpc) is 2.34. The summed E-state index contributed by atoms with van der Waals surface area (Å²) >= 11 is 0. The lowest BCUT2D eigenvalue weighted by Crippen LogP contribution is -2.28. The Morgan fingerprint density at radius 2 is 2.06 bits per heavy atom. The Morgan fingerprint density at radius 3 is 2.56 bits per heavy atom. The van der Waals surface area contributed by atoms with Crippen LogP contribution in [0.1, 0.15) is 31.0 Å². The summed E-state index contributed by atoms with van der Waals surface area (Å²) in [5, 5.41) is 9.02. The maximum Gasteiger partial charge on any atom is 0.407 e. The van der Waals surface area contributed by atoms with Crippen LogP contribution in [0.5, 0.6) is 0 Å². The van der Waals surface area contributed by atoms with Crippen LogP contribution in [0, 0.1) is 0 Å². The van der Waals surface area contributed by atoms with Crippen LogP contribution in [0.15, 0.2) is 24.3 Å². The summed E-state index contributed by atoms with van der Waals surface area (Å²) < 4.78 is 0. The van der Waals surface area contributed by atoms with E-state index in [4.69, 9.17) is 5.11 Å². The Balaban J connectivity index is 2.85. The number of carbonyl (C=O) groups is 1. The van der Waals surface area contributed by atoms with Crippen molar-refractivity contribution in [2.45, 2.75) is 26.4 Å². The molecule has 1 rings (SSSR count). The van der Waals surface area contributed by atoms with E-state index in [-0.39, 0.29) is 0 Å². The van der Waals surface area contributed by atoms with Crippen molar-refractivity contribution in [1.29, 1.82) is 0 Å². The second-order valence-corrected chi connectivity index (χ2v) is 4.68. The molecule has 1 aromatic rings. The molecule has 1 N–H and O–H groups in total. The van der Waals surface area contributed by atoms with Gasteiger partial charge in [0.05, 0.1) is 0 Å². The summed E-state index contributed by atoms with van der Waals surface area (Å²) in [6.07, 6.45) is -0.872. The van der Waals surface area contributed by atoms with Gasteiger partial charge in [0.2, 0.25) is 0 Å². The van der Waals surface area contributed by atoms with Gasteiger partial charge in [0.15, 0.2) is 0 Å². The minimum absolute atomic E-state index is 0.324. The predicted molar refractivity (Wildman–Crippen MR) is 72.7 cm³/mol. The Morgan fingerprint density at radius 1 is 1.39 bits per heavy atom. The second-order valence-electron chi connectivity index (χ2n) is 4.68. The fourth-order valence-electron chi connectivity index (χ4n) is 1.78. The summed E-state index contributed by atoms with van der Waals surface area (Å²) in [4.78, 5) is 14.5. The van der Waals surface area contributed by atoms with Crippen molar-refractivity contribution >= 4 is 6.09 Å². The molecule has 4 nitrogen and oxygen atoms in total. The number of amides is 1. The molecular formula is C14H22N2O2. The van der Waals surface area contributed by atoms with Gasteiger partial charge in [-0.05, 0) is 39.1 Å². The number of nitrogens with zero attached hydrogens (tertiary/aromatic N) is 2.